The van der Waals surface area contributed by atoms with Gasteiger partial charge in [-0.2, -0.15) is 0 Å². The Morgan fingerprint density at radius 3 is 2.19 bits per heavy atom. The van der Waals surface area contributed by atoms with E-state index in [0.29, 0.717) is 5.56 Å². The first-order chi connectivity index (χ1) is 14.9. The van der Waals surface area contributed by atoms with Crippen LogP contribution in [0.4, 0.5) is 0 Å². The van der Waals surface area contributed by atoms with Crippen LogP contribution >= 0.6 is 0 Å². The Morgan fingerprint density at radius 1 is 0.774 bits per heavy atom. The number of fused-ring (bicyclic) bond motifs is 2. The van der Waals surface area contributed by atoms with Gasteiger partial charge < -0.3 is 5.11 Å². The molecule has 1 aliphatic carbocycles. The Morgan fingerprint density at radius 2 is 1.48 bits per heavy atom. The van der Waals surface area contributed by atoms with Gasteiger partial charge in [0, 0.05) is 0 Å². The standard InChI is InChI=1S/C29H24O2/c1-29(2)15-14-25(20-6-4-3-5-7-20)26-17-24-16-22(12-13-23(24)18-27(26)29)19-8-10-21(11-9-19)28(30)31/h3-14,16-18H,15H2,1-2H3,(H,30,31). The van der Waals surface area contributed by atoms with Crippen molar-refractivity contribution < 1.29 is 9.90 Å². The maximum Gasteiger partial charge on any atom is 0.335 e. The van der Waals surface area contributed by atoms with Crippen LogP contribution in [0.25, 0.3) is 27.5 Å². The highest BCUT2D eigenvalue weighted by Gasteiger charge is 2.29. The summed E-state index contributed by atoms with van der Waals surface area (Å²) in [5, 5.41) is 11.6. The first-order valence-corrected chi connectivity index (χ1v) is 10.6. The Hall–Kier alpha value is -3.65. The average molecular weight is 405 g/mol. The van der Waals surface area contributed by atoms with Crippen molar-refractivity contribution in [3.05, 3.63) is 113 Å². The largest absolute Gasteiger partial charge is 0.478 e. The zero-order chi connectivity index (χ0) is 21.6. The van der Waals surface area contributed by atoms with Crippen LogP contribution in [-0.4, -0.2) is 11.1 Å². The van der Waals surface area contributed by atoms with Crippen molar-refractivity contribution in [3.8, 4) is 11.1 Å². The summed E-state index contributed by atoms with van der Waals surface area (Å²) in [7, 11) is 0. The lowest BCUT2D eigenvalue weighted by atomic mass is 9.71. The van der Waals surface area contributed by atoms with Crippen molar-refractivity contribution in [1.82, 2.24) is 0 Å². The highest BCUT2D eigenvalue weighted by Crippen LogP contribution is 2.43. The molecule has 4 aromatic carbocycles. The molecule has 0 bridgehead atoms. The third-order valence-corrected chi connectivity index (χ3v) is 6.36. The number of allylic oxidation sites excluding steroid dienone is 1. The molecule has 0 atom stereocenters. The van der Waals surface area contributed by atoms with Crippen LogP contribution in [0.3, 0.4) is 0 Å². The smallest absolute Gasteiger partial charge is 0.335 e. The first-order valence-electron chi connectivity index (χ1n) is 10.6. The van der Waals surface area contributed by atoms with Gasteiger partial charge in [0.1, 0.15) is 0 Å². The summed E-state index contributed by atoms with van der Waals surface area (Å²) in [5.74, 6) is -0.903. The highest BCUT2D eigenvalue weighted by molar-refractivity contribution is 5.95. The summed E-state index contributed by atoms with van der Waals surface area (Å²) < 4.78 is 0. The van der Waals surface area contributed by atoms with Gasteiger partial charge in [0.25, 0.3) is 0 Å². The molecule has 0 aromatic heterocycles. The van der Waals surface area contributed by atoms with Gasteiger partial charge in [-0.15, -0.1) is 0 Å². The van der Waals surface area contributed by atoms with E-state index in [1.54, 1.807) is 12.1 Å². The van der Waals surface area contributed by atoms with Crippen molar-refractivity contribution in [1.29, 1.82) is 0 Å². The minimum atomic E-state index is -0.903. The van der Waals surface area contributed by atoms with E-state index in [-0.39, 0.29) is 5.41 Å². The summed E-state index contributed by atoms with van der Waals surface area (Å²) >= 11 is 0. The van der Waals surface area contributed by atoms with Gasteiger partial charge in [0.05, 0.1) is 5.56 Å². The molecule has 0 heterocycles. The van der Waals surface area contributed by atoms with Gasteiger partial charge in [-0.3, -0.25) is 0 Å². The van der Waals surface area contributed by atoms with E-state index in [0.717, 1.165) is 17.5 Å². The summed E-state index contributed by atoms with van der Waals surface area (Å²) in [5.41, 5.74) is 7.74. The fourth-order valence-corrected chi connectivity index (χ4v) is 4.53. The normalized spacial score (nSPS) is 14.7. The Balaban J connectivity index is 1.65. The minimum absolute atomic E-state index is 0.0904. The van der Waals surface area contributed by atoms with Crippen molar-refractivity contribution in [2.45, 2.75) is 25.7 Å². The van der Waals surface area contributed by atoms with Gasteiger partial charge in [-0.1, -0.05) is 74.5 Å². The number of carboxylic acids is 1. The summed E-state index contributed by atoms with van der Waals surface area (Å²) in [6.07, 6.45) is 3.39. The van der Waals surface area contributed by atoms with Crippen LogP contribution < -0.4 is 0 Å². The zero-order valence-electron chi connectivity index (χ0n) is 17.7. The number of hydrogen-bond acceptors (Lipinski definition) is 1. The fourth-order valence-electron chi connectivity index (χ4n) is 4.53. The molecular weight excluding hydrogens is 380 g/mol. The van der Waals surface area contributed by atoms with E-state index in [1.807, 2.05) is 12.1 Å². The molecule has 0 fully saturated rings. The van der Waals surface area contributed by atoms with Crippen LogP contribution in [0.2, 0.25) is 0 Å². The SMILES string of the molecule is CC1(C)CC=C(c2ccccc2)c2cc3cc(-c4ccc(C(=O)O)cc4)ccc3cc21. The molecule has 0 saturated heterocycles. The molecular formula is C29H24O2. The quantitative estimate of drug-likeness (QED) is 0.388. The highest BCUT2D eigenvalue weighted by atomic mass is 16.4. The third-order valence-electron chi connectivity index (χ3n) is 6.36. The van der Waals surface area contributed by atoms with E-state index >= 15 is 0 Å². The third kappa shape index (κ3) is 3.44. The minimum Gasteiger partial charge on any atom is -0.478 e. The predicted octanol–water partition coefficient (Wildman–Crippen LogP) is 7.32. The van der Waals surface area contributed by atoms with Crippen molar-refractivity contribution in [3.63, 3.8) is 0 Å². The molecule has 152 valence electrons. The van der Waals surface area contributed by atoms with Crippen molar-refractivity contribution >= 4 is 22.3 Å². The van der Waals surface area contributed by atoms with Gasteiger partial charge >= 0.3 is 5.97 Å². The van der Waals surface area contributed by atoms with Crippen LogP contribution in [0, 0.1) is 0 Å². The molecule has 2 heteroatoms. The molecule has 1 aliphatic rings. The van der Waals surface area contributed by atoms with E-state index in [4.69, 9.17) is 5.11 Å². The number of rotatable bonds is 3. The molecule has 0 spiro atoms. The summed E-state index contributed by atoms with van der Waals surface area (Å²) in [4.78, 5) is 11.2. The Labute approximate surface area is 182 Å². The lowest BCUT2D eigenvalue weighted by molar-refractivity contribution is 0.0697. The molecule has 0 aliphatic heterocycles. The number of hydrogen-bond donors (Lipinski definition) is 1. The number of carboxylic acid groups (broad SMARTS) is 1. The summed E-state index contributed by atoms with van der Waals surface area (Å²) in [6, 6.07) is 28.8. The van der Waals surface area contributed by atoms with Crippen molar-refractivity contribution in [2.75, 3.05) is 0 Å². The Bertz CT molecular complexity index is 1330. The molecule has 0 amide bonds. The van der Waals surface area contributed by atoms with Crippen LogP contribution in [0.1, 0.15) is 47.3 Å². The molecule has 0 unspecified atom stereocenters. The van der Waals surface area contributed by atoms with Gasteiger partial charge in [-0.05, 0) is 86.3 Å². The number of benzene rings is 4. The maximum atomic E-state index is 11.2. The molecule has 0 radical (unpaired) electrons. The van der Waals surface area contributed by atoms with Gasteiger partial charge in [-0.25, -0.2) is 4.79 Å². The maximum absolute atomic E-state index is 11.2. The molecule has 4 aromatic rings. The Kier molecular flexibility index (Phi) is 4.51. The van der Waals surface area contributed by atoms with E-state index in [9.17, 15) is 4.79 Å². The topological polar surface area (TPSA) is 37.3 Å². The van der Waals surface area contributed by atoms with Crippen LogP contribution in [0.15, 0.2) is 91.0 Å². The lowest BCUT2D eigenvalue weighted by Gasteiger charge is -2.33. The van der Waals surface area contributed by atoms with Gasteiger partial charge in [0.15, 0.2) is 0 Å². The van der Waals surface area contributed by atoms with Crippen molar-refractivity contribution in [2.24, 2.45) is 0 Å². The fraction of sp³-hybridized carbons (Fsp3) is 0.138. The van der Waals surface area contributed by atoms with Crippen LogP contribution in [0.5, 0.6) is 0 Å². The van der Waals surface area contributed by atoms with Crippen LogP contribution in [-0.2, 0) is 5.41 Å². The predicted molar refractivity (Wildman–Crippen MR) is 128 cm³/mol. The first kappa shape index (κ1) is 19.3. The summed E-state index contributed by atoms with van der Waals surface area (Å²) in [6.45, 7) is 4.63. The second-order valence-corrected chi connectivity index (χ2v) is 8.91. The monoisotopic (exact) mass is 404 g/mol. The molecule has 2 nitrogen and oxygen atoms in total. The molecule has 1 N–H and O–H groups in total. The van der Waals surface area contributed by atoms with Gasteiger partial charge in [0.2, 0.25) is 0 Å². The number of aromatic carboxylic acids is 1. The van der Waals surface area contributed by atoms with E-state index < -0.39 is 5.97 Å². The zero-order valence-corrected chi connectivity index (χ0v) is 17.7. The molecule has 0 saturated carbocycles. The lowest BCUT2D eigenvalue weighted by Crippen LogP contribution is -2.21. The molecule has 31 heavy (non-hydrogen) atoms. The second-order valence-electron chi connectivity index (χ2n) is 8.91. The molecule has 5 rings (SSSR count). The van der Waals surface area contributed by atoms with E-state index in [2.05, 4.69) is 80.6 Å². The second kappa shape index (κ2) is 7.24. The van der Waals surface area contributed by atoms with E-state index in [1.165, 1.54) is 33.0 Å². The average Bonchev–Trinajstić information content (AvgIpc) is 2.78. The number of carbonyl (C=O) groups is 1.